The zero-order valence-corrected chi connectivity index (χ0v) is 45.5. The van der Waals surface area contributed by atoms with Crippen molar-refractivity contribution in [2.24, 2.45) is 0 Å². The first-order valence-electron chi connectivity index (χ1n) is 24.0. The summed E-state index contributed by atoms with van der Waals surface area (Å²) in [4.78, 5) is 52.6. The molecule has 6 aromatic rings. The molecule has 21 heteroatoms. The molecule has 9 atom stereocenters. The topological polar surface area (TPSA) is 223 Å². The molecule has 71 heavy (non-hydrogen) atoms. The van der Waals surface area contributed by atoms with E-state index in [1.165, 1.54) is 12.7 Å². The van der Waals surface area contributed by atoms with Crippen molar-refractivity contribution in [1.29, 1.82) is 0 Å². The molecule has 2 aromatic carbocycles. The number of aliphatic hydroxyl groups is 1. The van der Waals surface area contributed by atoms with Gasteiger partial charge in [-0.2, -0.15) is 0 Å². The van der Waals surface area contributed by atoms with Gasteiger partial charge in [0.1, 0.15) is 53.9 Å². The molecule has 2 aliphatic heterocycles. The number of ether oxygens (including phenoxy) is 2. The molecule has 4 aromatic heterocycles. The van der Waals surface area contributed by atoms with Gasteiger partial charge in [-0.3, -0.25) is 9.59 Å². The molecule has 0 bridgehead atoms. The van der Waals surface area contributed by atoms with Crippen molar-refractivity contribution in [2.45, 2.75) is 154 Å². The van der Waals surface area contributed by atoms with Crippen LogP contribution >= 0.6 is 8.25 Å². The van der Waals surface area contributed by atoms with Gasteiger partial charge >= 0.3 is 8.25 Å². The molecular weight excluding hydrogens is 960 g/mol. The van der Waals surface area contributed by atoms with Crippen molar-refractivity contribution < 1.29 is 47.0 Å². The minimum atomic E-state index is -2.87. The molecule has 0 aliphatic carbocycles. The Morgan fingerprint density at radius 2 is 1.06 bits per heavy atom. The number of hydrogen-bond acceptors (Lipinski definition) is 13. The highest BCUT2D eigenvalue weighted by Crippen LogP contribution is 2.46. The van der Waals surface area contributed by atoms with Crippen LogP contribution in [0.4, 0.5) is 11.6 Å². The Labute approximate surface area is 418 Å². The quantitative estimate of drug-likeness (QED) is 0.0589. The van der Waals surface area contributed by atoms with Crippen LogP contribution in [0.1, 0.15) is 101 Å². The summed E-state index contributed by atoms with van der Waals surface area (Å²) in [6, 6.07) is 21.6. The number of carbonyl (C=O) groups is 2. The second kappa shape index (κ2) is 21.5. The van der Waals surface area contributed by atoms with Gasteiger partial charge in [-0.15, -0.1) is 9.42 Å². The fourth-order valence-corrected chi connectivity index (χ4v) is 11.2. The van der Waals surface area contributed by atoms with Crippen LogP contribution in [0.5, 0.6) is 0 Å². The molecule has 0 saturated carbocycles. The number of nitrogens with zero attached hydrogens (tertiary/aromatic N) is 6. The number of aliphatic hydroxyl groups excluding tert-OH is 1. The van der Waals surface area contributed by atoms with Crippen molar-refractivity contribution in [3.63, 3.8) is 0 Å². The van der Waals surface area contributed by atoms with Crippen molar-refractivity contribution in [3.8, 4) is 0 Å². The summed E-state index contributed by atoms with van der Waals surface area (Å²) in [7, 11) is -7.39. The third kappa shape index (κ3) is 11.6. The number of aromatic nitrogens is 6. The van der Waals surface area contributed by atoms with Crippen LogP contribution in [-0.4, -0.2) is 104 Å². The van der Waals surface area contributed by atoms with E-state index in [2.05, 4.69) is 98.3 Å². The SMILES string of the molecule is CC[C@H]1O[C@@H](n2ccc3c(NC(=O)c4ccccc4)ncnc32)[C@H](O[Si](C)(C)C(C)(C)C)[C@@H]1O.CC[C@H]1O[C@@H](n2ccc3c(NC(=O)c4ccccc4)ncnc32)[C@H](O[Si](C)(C)C(C)(C)C)[C@@H]1O[P+](=O)O. The summed E-state index contributed by atoms with van der Waals surface area (Å²) >= 11 is 0. The van der Waals surface area contributed by atoms with Crippen LogP contribution in [0.15, 0.2) is 97.8 Å². The summed E-state index contributed by atoms with van der Waals surface area (Å²) in [6.07, 6.45) is 3.03. The van der Waals surface area contributed by atoms with Gasteiger partial charge in [0.05, 0.1) is 23.0 Å². The van der Waals surface area contributed by atoms with E-state index in [1.54, 1.807) is 42.6 Å². The summed E-state index contributed by atoms with van der Waals surface area (Å²) in [6.45, 7) is 25.4. The Bertz CT molecular complexity index is 2820. The van der Waals surface area contributed by atoms with Crippen molar-refractivity contribution >= 4 is 70.4 Å². The fourth-order valence-electron chi connectivity index (χ4n) is 8.15. The van der Waals surface area contributed by atoms with Gasteiger partial charge in [-0.25, -0.2) is 19.9 Å². The van der Waals surface area contributed by atoms with Crippen LogP contribution < -0.4 is 10.6 Å². The molecule has 2 amide bonds. The Morgan fingerprint density at radius 1 is 0.648 bits per heavy atom. The predicted molar refractivity (Wildman–Crippen MR) is 277 cm³/mol. The van der Waals surface area contributed by atoms with Crippen molar-refractivity contribution in [2.75, 3.05) is 10.6 Å². The molecule has 1 unspecified atom stereocenters. The van der Waals surface area contributed by atoms with E-state index in [1.807, 2.05) is 65.6 Å². The highest BCUT2D eigenvalue weighted by molar-refractivity contribution is 7.32. The number of nitrogens with one attached hydrogen (secondary N) is 2. The lowest BCUT2D eigenvalue weighted by atomic mass is 10.1. The second-order valence-corrected chi connectivity index (χ2v) is 31.1. The lowest BCUT2D eigenvalue weighted by molar-refractivity contribution is -0.0322. The standard InChI is InChI=1S/C25H33N4O6PSi.C25H34N4O4Si/c1-7-18-19(34-36(31)32)20(35-37(5,6)25(2,3)4)24(33-18)29-14-13-17-21(26-15-27-22(17)29)28-23(30)16-11-9-8-10-12-16;1-7-18-19(30)20(33-34(5,6)25(2,3)4)24(32-18)29-14-13-17-21(26-15-27-22(17)29)28-23(31)16-11-9-8-10-12-16/h8-15,18-20,24H,7H2,1-6H3,(H-,26,27,28,30,31,32);8-15,18-20,24,30H,7H2,1-6H3,(H,26,27,28,31)/p+1/t2*18-,19-,20-,24-/m11/s1. The molecule has 4 N–H and O–H groups in total. The van der Waals surface area contributed by atoms with E-state index in [-0.39, 0.29) is 28.0 Å². The first kappa shape index (κ1) is 53.7. The van der Waals surface area contributed by atoms with Gasteiger partial charge in [0.15, 0.2) is 35.2 Å². The normalized spacial score (nSPS) is 23.1. The maximum atomic E-state index is 12.8. The average molecular weight is 1030 g/mol. The zero-order valence-electron chi connectivity index (χ0n) is 42.6. The Morgan fingerprint density at radius 3 is 1.46 bits per heavy atom. The van der Waals surface area contributed by atoms with Gasteiger partial charge in [-0.05, 0) is 85.5 Å². The number of amides is 2. The number of anilines is 2. The van der Waals surface area contributed by atoms with E-state index >= 15 is 0 Å². The van der Waals surface area contributed by atoms with Gasteiger partial charge in [-0.1, -0.05) is 91.8 Å². The van der Waals surface area contributed by atoms with Crippen LogP contribution in [0, 0.1) is 0 Å². The molecule has 8 rings (SSSR count). The largest absolute Gasteiger partial charge is 0.695 e. The Kier molecular flexibility index (Phi) is 16.3. The molecule has 6 heterocycles. The third-order valence-electron chi connectivity index (χ3n) is 14.2. The van der Waals surface area contributed by atoms with Crippen LogP contribution in [-0.2, 0) is 27.4 Å². The number of fused-ring (bicyclic) bond motifs is 2. The lowest BCUT2D eigenvalue weighted by Gasteiger charge is -2.40. The van der Waals surface area contributed by atoms with E-state index in [4.69, 9.17) is 22.8 Å². The molecule has 2 aliphatic rings. The Balaban J connectivity index is 0.000000209. The Hall–Kier alpha value is -5.13. The first-order valence-corrected chi connectivity index (χ1v) is 30.9. The average Bonchev–Trinajstić information content (AvgIpc) is 4.10. The van der Waals surface area contributed by atoms with E-state index in [9.17, 15) is 24.2 Å². The number of hydrogen-bond donors (Lipinski definition) is 4. The molecular formula is C50H68N8O10PSi2+. The van der Waals surface area contributed by atoms with Gasteiger partial charge in [0, 0.05) is 28.1 Å². The summed E-state index contributed by atoms with van der Waals surface area (Å²) in [5.74, 6) is 0.266. The van der Waals surface area contributed by atoms with Gasteiger partial charge in [0.25, 0.3) is 11.8 Å². The molecule has 18 nitrogen and oxygen atoms in total. The highest BCUT2D eigenvalue weighted by atomic mass is 31.1. The fraction of sp³-hybridized carbons (Fsp3) is 0.480. The monoisotopic (exact) mass is 1030 g/mol. The third-order valence-corrected chi connectivity index (χ3v) is 23.6. The summed E-state index contributed by atoms with van der Waals surface area (Å²) in [5.41, 5.74) is 2.20. The lowest BCUT2D eigenvalue weighted by Crippen LogP contribution is -2.48. The minimum Gasteiger partial charge on any atom is -0.407 e. The number of rotatable bonds is 14. The minimum absolute atomic E-state index is 0.0165. The van der Waals surface area contributed by atoms with Crippen LogP contribution in [0.3, 0.4) is 0 Å². The van der Waals surface area contributed by atoms with E-state index in [0.717, 1.165) is 0 Å². The smallest absolute Gasteiger partial charge is 0.407 e. The van der Waals surface area contributed by atoms with Crippen LogP contribution in [0.2, 0.25) is 36.3 Å². The maximum absolute atomic E-state index is 12.8. The van der Waals surface area contributed by atoms with Crippen molar-refractivity contribution in [1.82, 2.24) is 29.1 Å². The van der Waals surface area contributed by atoms with Crippen molar-refractivity contribution in [3.05, 3.63) is 109 Å². The highest BCUT2D eigenvalue weighted by Gasteiger charge is 2.55. The van der Waals surface area contributed by atoms with Crippen LogP contribution in [0.25, 0.3) is 22.1 Å². The second-order valence-electron chi connectivity index (χ2n) is 20.9. The molecule has 380 valence electrons. The molecule has 0 radical (unpaired) electrons. The van der Waals surface area contributed by atoms with Gasteiger partial charge in [0.2, 0.25) is 0 Å². The van der Waals surface area contributed by atoms with Gasteiger partial charge < -0.3 is 43.2 Å². The number of benzene rings is 2. The number of carbonyl (C=O) groups excluding carboxylic acids is 2. The molecule has 2 saturated heterocycles. The summed E-state index contributed by atoms with van der Waals surface area (Å²) in [5, 5.41) is 18.0. The van der Waals surface area contributed by atoms with E-state index in [0.29, 0.717) is 57.7 Å². The summed E-state index contributed by atoms with van der Waals surface area (Å²) < 4.78 is 47.1. The molecule has 0 spiro atoms. The predicted octanol–water partition coefficient (Wildman–Crippen LogP) is 10.2. The molecule has 2 fully saturated rings. The zero-order chi connectivity index (χ0) is 51.6. The maximum Gasteiger partial charge on any atom is 0.695 e. The first-order chi connectivity index (χ1) is 33.5. The van der Waals surface area contributed by atoms with E-state index < -0.39 is 67.9 Å².